The summed E-state index contributed by atoms with van der Waals surface area (Å²) in [4.78, 5) is 39.9. The molecule has 9 heteroatoms. The molecule has 1 heterocycles. The lowest BCUT2D eigenvalue weighted by Crippen LogP contribution is -2.63. The van der Waals surface area contributed by atoms with Crippen molar-refractivity contribution in [3.63, 3.8) is 0 Å². The van der Waals surface area contributed by atoms with Crippen LogP contribution in [0.5, 0.6) is 0 Å². The quantitative estimate of drug-likeness (QED) is 0.286. The lowest BCUT2D eigenvalue weighted by molar-refractivity contribution is -0.310. The van der Waals surface area contributed by atoms with Crippen LogP contribution in [0.4, 0.5) is 0 Å². The van der Waals surface area contributed by atoms with E-state index >= 15 is 0 Å². The lowest BCUT2D eigenvalue weighted by Gasteiger charge is -2.45. The first-order chi connectivity index (χ1) is 20.5. The van der Waals surface area contributed by atoms with Crippen LogP contribution in [0.1, 0.15) is 63.2 Å². The van der Waals surface area contributed by atoms with Crippen molar-refractivity contribution in [1.29, 1.82) is 0 Å². The first kappa shape index (κ1) is 29.4. The highest BCUT2D eigenvalue weighted by molar-refractivity contribution is 5.91. The van der Waals surface area contributed by atoms with Gasteiger partial charge in [-0.2, -0.15) is 0 Å². The number of ether oxygens (including phenoxy) is 5. The van der Waals surface area contributed by atoms with Crippen molar-refractivity contribution in [3.05, 3.63) is 108 Å². The highest BCUT2D eigenvalue weighted by atomic mass is 16.7. The fraction of sp³-hybridized carbons (Fsp3) is 0.364. The largest absolute Gasteiger partial charge is 0.452 e. The van der Waals surface area contributed by atoms with Crippen LogP contribution in [-0.2, 0) is 23.7 Å². The van der Waals surface area contributed by atoms with E-state index in [1.807, 2.05) is 0 Å². The third-order valence-electron chi connectivity index (χ3n) is 7.41. The fourth-order valence-electron chi connectivity index (χ4n) is 5.23. The number of aliphatic hydroxyl groups excluding tert-OH is 1. The first-order valence-corrected chi connectivity index (χ1v) is 14.2. The van der Waals surface area contributed by atoms with Gasteiger partial charge in [0.25, 0.3) is 0 Å². The Morgan fingerprint density at radius 1 is 0.619 bits per heavy atom. The molecule has 0 amide bonds. The van der Waals surface area contributed by atoms with Crippen molar-refractivity contribution in [2.24, 2.45) is 0 Å². The van der Waals surface area contributed by atoms with Crippen molar-refractivity contribution < 1.29 is 43.2 Å². The van der Waals surface area contributed by atoms with Crippen LogP contribution in [0.25, 0.3) is 0 Å². The number of carbonyl (C=O) groups excluding carboxylic acids is 3. The fourth-order valence-corrected chi connectivity index (χ4v) is 5.23. The number of hydrogen-bond donors (Lipinski definition) is 1. The van der Waals surface area contributed by atoms with Crippen LogP contribution in [0, 0.1) is 0 Å². The van der Waals surface area contributed by atoms with Gasteiger partial charge in [-0.25, -0.2) is 14.4 Å². The molecule has 0 radical (unpaired) electrons. The van der Waals surface area contributed by atoms with Gasteiger partial charge in [-0.1, -0.05) is 73.9 Å². The van der Waals surface area contributed by atoms with Gasteiger partial charge in [0.05, 0.1) is 29.4 Å². The highest BCUT2D eigenvalue weighted by Gasteiger charge is 2.53. The Labute approximate surface area is 244 Å². The molecule has 5 atom stereocenters. The zero-order valence-electron chi connectivity index (χ0n) is 23.1. The average Bonchev–Trinajstić information content (AvgIpc) is 3.05. The molecule has 1 aliphatic heterocycles. The summed E-state index contributed by atoms with van der Waals surface area (Å²) in [5.41, 5.74) is 0.764. The molecule has 220 valence electrons. The number of aliphatic hydroxyl groups is 1. The van der Waals surface area contributed by atoms with E-state index in [4.69, 9.17) is 23.7 Å². The Hall–Kier alpha value is -4.05. The third-order valence-corrected chi connectivity index (χ3v) is 7.41. The standard InChI is InChI=1S/C33H34O9/c34-21-26-27(40-30(35)22-13-5-1-6-14-22)28(41-31(36)23-15-7-2-8-16-23)29(42-32(37)24-17-9-3-10-18-24)33(39-26)38-25-19-11-4-12-20-25/h1-3,5-10,13-18,25-29,33-34H,4,11-12,19-21H2/t26-,27-,28+,29-,33-/m1/s1. The second-order valence-electron chi connectivity index (χ2n) is 10.3. The Morgan fingerprint density at radius 2 is 1.05 bits per heavy atom. The molecule has 1 saturated carbocycles. The molecule has 0 aromatic heterocycles. The molecule has 2 fully saturated rings. The summed E-state index contributed by atoms with van der Waals surface area (Å²) in [5.74, 6) is -2.14. The molecular formula is C33H34O9. The van der Waals surface area contributed by atoms with Crippen LogP contribution >= 0.6 is 0 Å². The normalized spacial score (nSPS) is 24.4. The Bertz CT molecular complexity index is 1310. The molecule has 0 unspecified atom stereocenters. The minimum atomic E-state index is -1.36. The Morgan fingerprint density at radius 3 is 1.50 bits per heavy atom. The van der Waals surface area contributed by atoms with Crippen LogP contribution < -0.4 is 0 Å². The molecule has 3 aromatic rings. The van der Waals surface area contributed by atoms with Gasteiger partial charge in [0.2, 0.25) is 0 Å². The van der Waals surface area contributed by atoms with E-state index in [0.717, 1.165) is 32.1 Å². The van der Waals surface area contributed by atoms with Gasteiger partial charge in [-0.15, -0.1) is 0 Å². The monoisotopic (exact) mass is 574 g/mol. The first-order valence-electron chi connectivity index (χ1n) is 14.2. The van der Waals surface area contributed by atoms with Crippen molar-refractivity contribution in [2.75, 3.05) is 6.61 Å². The second-order valence-corrected chi connectivity index (χ2v) is 10.3. The smallest absolute Gasteiger partial charge is 0.338 e. The number of carbonyl (C=O) groups is 3. The van der Waals surface area contributed by atoms with Gasteiger partial charge in [-0.3, -0.25) is 0 Å². The van der Waals surface area contributed by atoms with Crippen LogP contribution in [0.3, 0.4) is 0 Å². The van der Waals surface area contributed by atoms with Crippen LogP contribution in [-0.4, -0.2) is 66.4 Å². The maximum absolute atomic E-state index is 13.4. The summed E-state index contributed by atoms with van der Waals surface area (Å²) >= 11 is 0. The Balaban J connectivity index is 1.51. The zero-order valence-corrected chi connectivity index (χ0v) is 23.1. The predicted molar refractivity (Wildman–Crippen MR) is 151 cm³/mol. The zero-order chi connectivity index (χ0) is 29.3. The number of benzene rings is 3. The molecular weight excluding hydrogens is 540 g/mol. The maximum Gasteiger partial charge on any atom is 0.338 e. The molecule has 3 aromatic carbocycles. The summed E-state index contributed by atoms with van der Waals surface area (Å²) in [7, 11) is 0. The van der Waals surface area contributed by atoms with Gasteiger partial charge in [0.15, 0.2) is 24.6 Å². The number of esters is 3. The van der Waals surface area contributed by atoms with E-state index in [-0.39, 0.29) is 22.8 Å². The van der Waals surface area contributed by atoms with Gasteiger partial charge in [0.1, 0.15) is 6.10 Å². The summed E-state index contributed by atoms with van der Waals surface area (Å²) in [5, 5.41) is 10.4. The van der Waals surface area contributed by atoms with Crippen molar-refractivity contribution in [3.8, 4) is 0 Å². The summed E-state index contributed by atoms with van der Waals surface area (Å²) < 4.78 is 30.2. The minimum absolute atomic E-state index is 0.185. The SMILES string of the molecule is O=C(O[C@@H]1[C@@H](OC(=O)c2ccccc2)[C@H](OC2CCCCC2)O[C@H](CO)[C@H]1OC(=O)c1ccccc1)c1ccccc1. The topological polar surface area (TPSA) is 118 Å². The number of rotatable bonds is 9. The summed E-state index contributed by atoms with van der Waals surface area (Å²) in [6.45, 7) is -0.573. The van der Waals surface area contributed by atoms with Crippen molar-refractivity contribution in [2.45, 2.75) is 68.9 Å². The van der Waals surface area contributed by atoms with Crippen LogP contribution in [0.2, 0.25) is 0 Å². The Kier molecular flexibility index (Phi) is 9.97. The molecule has 0 spiro atoms. The van der Waals surface area contributed by atoms with Gasteiger partial charge in [-0.05, 0) is 49.2 Å². The molecule has 0 bridgehead atoms. The second kappa shape index (κ2) is 14.2. The lowest BCUT2D eigenvalue weighted by atomic mass is 9.96. The molecule has 2 aliphatic rings. The third kappa shape index (κ3) is 7.23. The van der Waals surface area contributed by atoms with E-state index in [9.17, 15) is 19.5 Å². The van der Waals surface area contributed by atoms with E-state index in [1.165, 1.54) is 0 Å². The molecule has 9 nitrogen and oxygen atoms in total. The summed E-state index contributed by atoms with van der Waals surface area (Å²) in [6.07, 6.45) is -1.92. The van der Waals surface area contributed by atoms with E-state index in [1.54, 1.807) is 91.0 Å². The van der Waals surface area contributed by atoms with Gasteiger partial charge >= 0.3 is 17.9 Å². The van der Waals surface area contributed by atoms with E-state index < -0.39 is 55.2 Å². The average molecular weight is 575 g/mol. The van der Waals surface area contributed by atoms with Gasteiger partial charge in [0, 0.05) is 0 Å². The van der Waals surface area contributed by atoms with Crippen molar-refractivity contribution >= 4 is 17.9 Å². The molecule has 1 N–H and O–H groups in total. The summed E-state index contributed by atoms with van der Waals surface area (Å²) in [6, 6.07) is 24.9. The molecule has 42 heavy (non-hydrogen) atoms. The molecule has 5 rings (SSSR count). The van der Waals surface area contributed by atoms with Crippen molar-refractivity contribution in [1.82, 2.24) is 0 Å². The molecule has 1 aliphatic carbocycles. The van der Waals surface area contributed by atoms with E-state index in [0.29, 0.717) is 0 Å². The van der Waals surface area contributed by atoms with Crippen LogP contribution in [0.15, 0.2) is 91.0 Å². The minimum Gasteiger partial charge on any atom is -0.452 e. The van der Waals surface area contributed by atoms with E-state index in [2.05, 4.69) is 0 Å². The highest BCUT2D eigenvalue weighted by Crippen LogP contribution is 2.33. The molecule has 1 saturated heterocycles. The van der Waals surface area contributed by atoms with Gasteiger partial charge < -0.3 is 28.8 Å². The predicted octanol–water partition coefficient (Wildman–Crippen LogP) is 4.73. The number of hydrogen-bond acceptors (Lipinski definition) is 9. The maximum atomic E-state index is 13.4.